The lowest BCUT2D eigenvalue weighted by atomic mass is 9.93. The van der Waals surface area contributed by atoms with Crippen LogP contribution in [0.5, 0.6) is 0 Å². The van der Waals surface area contributed by atoms with E-state index in [2.05, 4.69) is 62.8 Å². The van der Waals surface area contributed by atoms with Crippen molar-refractivity contribution in [1.82, 2.24) is 0 Å². The zero-order valence-electron chi connectivity index (χ0n) is 19.0. The van der Waals surface area contributed by atoms with Crippen LogP contribution in [0.15, 0.2) is 75.3 Å². The molecule has 0 saturated heterocycles. The van der Waals surface area contributed by atoms with Gasteiger partial charge in [-0.05, 0) is 61.8 Å². The van der Waals surface area contributed by atoms with Crippen molar-refractivity contribution >= 4 is 81.7 Å². The van der Waals surface area contributed by atoms with E-state index >= 15 is 0 Å². The highest BCUT2D eigenvalue weighted by Gasteiger charge is 2.29. The van der Waals surface area contributed by atoms with Crippen molar-refractivity contribution in [3.8, 4) is 12.1 Å². The second-order valence-corrected chi connectivity index (χ2v) is 14.4. The minimum atomic E-state index is 0.651. The summed E-state index contributed by atoms with van der Waals surface area (Å²) in [5.41, 5.74) is 5.84. The van der Waals surface area contributed by atoms with E-state index in [9.17, 15) is 10.5 Å². The largest absolute Gasteiger partial charge is 0.192 e. The van der Waals surface area contributed by atoms with Crippen LogP contribution in [0.2, 0.25) is 0 Å². The molecule has 2 nitrogen and oxygen atoms in total. The highest BCUT2D eigenvalue weighted by molar-refractivity contribution is 8.36. The van der Waals surface area contributed by atoms with Gasteiger partial charge in [-0.25, -0.2) is 0 Å². The van der Waals surface area contributed by atoms with Crippen LogP contribution in [0.3, 0.4) is 0 Å². The van der Waals surface area contributed by atoms with Gasteiger partial charge in [0, 0.05) is 21.0 Å². The van der Waals surface area contributed by atoms with Crippen LogP contribution in [0.4, 0.5) is 0 Å². The van der Waals surface area contributed by atoms with E-state index in [1.54, 1.807) is 23.5 Å². The van der Waals surface area contributed by atoms with Crippen LogP contribution in [0.25, 0.3) is 11.1 Å². The first-order valence-corrected chi connectivity index (χ1v) is 15.9. The molecule has 2 aromatic carbocycles. The summed E-state index contributed by atoms with van der Waals surface area (Å²) in [5.74, 6) is 0. The van der Waals surface area contributed by atoms with Gasteiger partial charge in [-0.1, -0.05) is 71.3 Å². The fraction of sp³-hybridized carbons (Fsp3) is 0.154. The Bertz CT molecular complexity index is 1230. The number of rotatable bonds is 5. The van der Waals surface area contributed by atoms with Gasteiger partial charge in [-0.15, -0.1) is 23.5 Å². The Labute approximate surface area is 226 Å². The molecule has 0 aromatic heterocycles. The van der Waals surface area contributed by atoms with Gasteiger partial charge < -0.3 is 0 Å². The van der Waals surface area contributed by atoms with E-state index in [0.717, 1.165) is 11.1 Å². The molecule has 0 aliphatic carbocycles. The molecule has 2 heterocycles. The van der Waals surface area contributed by atoms with Crippen molar-refractivity contribution in [1.29, 1.82) is 10.5 Å². The molecule has 2 aliphatic rings. The van der Waals surface area contributed by atoms with Crippen LogP contribution in [0.1, 0.15) is 36.1 Å². The van der Waals surface area contributed by atoms with Crippen molar-refractivity contribution in [2.24, 2.45) is 0 Å². The van der Waals surface area contributed by atoms with Crippen molar-refractivity contribution < 1.29 is 0 Å². The molecule has 0 saturated carbocycles. The number of benzene rings is 2. The molecule has 0 N–H and O–H groups in total. The van der Waals surface area contributed by atoms with Gasteiger partial charge in [0.05, 0.1) is 40.2 Å². The smallest absolute Gasteiger partial charge is 0.0991 e. The fourth-order valence-corrected chi connectivity index (χ4v) is 11.0. The molecule has 0 bridgehead atoms. The van der Waals surface area contributed by atoms with E-state index in [4.69, 9.17) is 0 Å². The second-order valence-electron chi connectivity index (χ2n) is 7.21. The SMILES string of the molecule is CSC1=C(C)S/C(=C(/C(=C2/SC(C)=C(SC)S2)c2ccc(C#N)cc2)c2ccc(C#N)cc2)S1. The molecular weight excluding hydrogens is 533 g/mol. The van der Waals surface area contributed by atoms with Crippen LogP contribution >= 0.6 is 70.6 Å². The van der Waals surface area contributed by atoms with E-state index in [1.165, 1.54) is 37.9 Å². The molecule has 0 atom stereocenters. The molecule has 0 fully saturated rings. The van der Waals surface area contributed by atoms with E-state index in [0.29, 0.717) is 11.1 Å². The monoisotopic (exact) mass is 552 g/mol. The summed E-state index contributed by atoms with van der Waals surface area (Å²) in [5, 5.41) is 18.7. The van der Waals surface area contributed by atoms with Gasteiger partial charge in [0.2, 0.25) is 0 Å². The Kier molecular flexibility index (Phi) is 8.63. The Hall–Kier alpha value is -1.52. The van der Waals surface area contributed by atoms with E-state index in [1.807, 2.05) is 71.3 Å². The van der Waals surface area contributed by atoms with Crippen molar-refractivity contribution in [2.75, 3.05) is 12.5 Å². The number of hydrogen-bond donors (Lipinski definition) is 0. The van der Waals surface area contributed by atoms with Crippen molar-refractivity contribution in [3.05, 3.63) is 97.5 Å². The van der Waals surface area contributed by atoms with Crippen molar-refractivity contribution in [2.45, 2.75) is 13.8 Å². The van der Waals surface area contributed by atoms with Crippen LogP contribution < -0.4 is 0 Å². The molecular formula is C26H20N2S6. The topological polar surface area (TPSA) is 47.6 Å². The minimum absolute atomic E-state index is 0.651. The predicted molar refractivity (Wildman–Crippen MR) is 159 cm³/mol. The maximum atomic E-state index is 9.34. The Morgan fingerprint density at radius 2 is 0.971 bits per heavy atom. The summed E-state index contributed by atoms with van der Waals surface area (Å²) in [6.07, 6.45) is 4.24. The van der Waals surface area contributed by atoms with Crippen LogP contribution in [0, 0.1) is 22.7 Å². The van der Waals surface area contributed by atoms with Gasteiger partial charge >= 0.3 is 0 Å². The van der Waals surface area contributed by atoms with E-state index < -0.39 is 0 Å². The molecule has 4 rings (SSSR count). The van der Waals surface area contributed by atoms with Gasteiger partial charge in [-0.2, -0.15) is 10.5 Å². The highest BCUT2D eigenvalue weighted by Crippen LogP contribution is 2.61. The first-order chi connectivity index (χ1) is 16.5. The average molecular weight is 553 g/mol. The molecule has 2 aromatic rings. The quantitative estimate of drug-likeness (QED) is 0.363. The van der Waals surface area contributed by atoms with Gasteiger partial charge in [0.1, 0.15) is 0 Å². The van der Waals surface area contributed by atoms with Gasteiger partial charge in [0.25, 0.3) is 0 Å². The lowest BCUT2D eigenvalue weighted by Crippen LogP contribution is -1.96. The number of thioether (sulfide) groups is 6. The fourth-order valence-electron chi connectivity index (χ4n) is 3.44. The molecule has 34 heavy (non-hydrogen) atoms. The summed E-state index contributed by atoms with van der Waals surface area (Å²) in [6, 6.07) is 20.3. The third-order valence-electron chi connectivity index (χ3n) is 5.07. The lowest BCUT2D eigenvalue weighted by molar-refractivity contribution is 1.47. The second kappa shape index (κ2) is 11.5. The maximum absolute atomic E-state index is 9.34. The first-order valence-electron chi connectivity index (χ1n) is 10.2. The average Bonchev–Trinajstić information content (AvgIpc) is 3.43. The molecule has 0 radical (unpaired) electrons. The Balaban J connectivity index is 1.97. The third kappa shape index (κ3) is 5.33. The summed E-state index contributed by atoms with van der Waals surface area (Å²) >= 11 is 10.9. The van der Waals surface area contributed by atoms with E-state index in [-0.39, 0.29) is 0 Å². The standard InChI is InChI=1S/C26H20N2S6/c1-15-23(29-3)33-25(31-15)21(19-9-5-17(13-27)6-10-19)22(20-11-7-18(14-28)8-12-20)26-32-16(2)24(30-4)34-26/h5-12H,1-4H3/b25-21-,26-22-. The van der Waals surface area contributed by atoms with Crippen LogP contribution in [-0.2, 0) is 0 Å². The summed E-state index contributed by atoms with van der Waals surface area (Å²) < 4.78 is 5.13. The molecule has 0 spiro atoms. The maximum Gasteiger partial charge on any atom is 0.0991 e. The molecule has 0 unspecified atom stereocenters. The zero-order valence-corrected chi connectivity index (χ0v) is 23.9. The normalized spacial score (nSPS) is 18.8. The number of nitriles is 2. The highest BCUT2D eigenvalue weighted by atomic mass is 32.2. The zero-order chi connectivity index (χ0) is 24.2. The number of nitrogens with zero attached hydrogens (tertiary/aromatic N) is 2. The first kappa shape index (κ1) is 25.6. The Morgan fingerprint density at radius 1 is 0.618 bits per heavy atom. The lowest BCUT2D eigenvalue weighted by Gasteiger charge is -2.19. The summed E-state index contributed by atoms with van der Waals surface area (Å²) in [7, 11) is 0. The van der Waals surface area contributed by atoms with Crippen LogP contribution in [-0.4, -0.2) is 12.5 Å². The van der Waals surface area contributed by atoms with Gasteiger partial charge in [-0.3, -0.25) is 0 Å². The predicted octanol–water partition coefficient (Wildman–Crippen LogP) is 9.53. The minimum Gasteiger partial charge on any atom is -0.192 e. The number of allylic oxidation sites excluding steroid dienone is 4. The summed E-state index contributed by atoms with van der Waals surface area (Å²) in [6.45, 7) is 4.36. The third-order valence-corrected chi connectivity index (χ3v) is 13.0. The molecule has 2 aliphatic heterocycles. The summed E-state index contributed by atoms with van der Waals surface area (Å²) in [4.78, 5) is 2.63. The number of hydrogen-bond acceptors (Lipinski definition) is 8. The molecule has 170 valence electrons. The molecule has 8 heteroatoms. The Morgan fingerprint density at radius 3 is 1.24 bits per heavy atom. The van der Waals surface area contributed by atoms with Crippen molar-refractivity contribution in [3.63, 3.8) is 0 Å². The molecule has 0 amide bonds. The van der Waals surface area contributed by atoms with Gasteiger partial charge in [0.15, 0.2) is 0 Å².